The SMILES string of the molecule is CC(C)(C)NC(=O)Cn1cccc(CN)c1=O. The predicted molar refractivity (Wildman–Crippen MR) is 66.5 cm³/mol. The lowest BCUT2D eigenvalue weighted by atomic mass is 10.1. The zero-order chi connectivity index (χ0) is 13.1. The molecule has 94 valence electrons. The molecule has 0 saturated carbocycles. The van der Waals surface area contributed by atoms with E-state index < -0.39 is 0 Å². The predicted octanol–water partition coefficient (Wildman–Crippen LogP) is 0.222. The Hall–Kier alpha value is -1.62. The zero-order valence-corrected chi connectivity index (χ0v) is 10.5. The molecule has 1 amide bonds. The molecule has 17 heavy (non-hydrogen) atoms. The monoisotopic (exact) mass is 237 g/mol. The van der Waals surface area contributed by atoms with Gasteiger partial charge in [0, 0.05) is 23.8 Å². The van der Waals surface area contributed by atoms with Crippen molar-refractivity contribution >= 4 is 5.91 Å². The van der Waals surface area contributed by atoms with Crippen molar-refractivity contribution < 1.29 is 4.79 Å². The zero-order valence-electron chi connectivity index (χ0n) is 10.5. The molecule has 0 unspecified atom stereocenters. The van der Waals surface area contributed by atoms with Crippen molar-refractivity contribution in [2.45, 2.75) is 39.4 Å². The number of amides is 1. The highest BCUT2D eigenvalue weighted by Crippen LogP contribution is 1.98. The number of nitrogens with two attached hydrogens (primary N) is 1. The molecule has 0 spiro atoms. The van der Waals surface area contributed by atoms with Gasteiger partial charge in [0.25, 0.3) is 5.56 Å². The van der Waals surface area contributed by atoms with Crippen LogP contribution in [0.3, 0.4) is 0 Å². The number of nitrogens with one attached hydrogen (secondary N) is 1. The van der Waals surface area contributed by atoms with Gasteiger partial charge in [-0.15, -0.1) is 0 Å². The fraction of sp³-hybridized carbons (Fsp3) is 0.500. The van der Waals surface area contributed by atoms with E-state index in [1.54, 1.807) is 18.3 Å². The number of carbonyl (C=O) groups excluding carboxylic acids is 1. The van der Waals surface area contributed by atoms with Crippen LogP contribution in [0.4, 0.5) is 0 Å². The van der Waals surface area contributed by atoms with E-state index in [4.69, 9.17) is 5.73 Å². The van der Waals surface area contributed by atoms with E-state index in [-0.39, 0.29) is 30.1 Å². The van der Waals surface area contributed by atoms with Crippen molar-refractivity contribution in [3.63, 3.8) is 0 Å². The van der Waals surface area contributed by atoms with Gasteiger partial charge < -0.3 is 15.6 Å². The molecule has 1 aromatic rings. The highest BCUT2D eigenvalue weighted by atomic mass is 16.2. The van der Waals surface area contributed by atoms with Gasteiger partial charge in [-0.2, -0.15) is 0 Å². The van der Waals surface area contributed by atoms with E-state index in [1.165, 1.54) is 4.57 Å². The molecule has 0 aromatic carbocycles. The normalized spacial score (nSPS) is 11.3. The number of nitrogens with zero attached hydrogens (tertiary/aromatic N) is 1. The summed E-state index contributed by atoms with van der Waals surface area (Å²) in [6.07, 6.45) is 1.59. The van der Waals surface area contributed by atoms with Crippen LogP contribution in [-0.4, -0.2) is 16.0 Å². The Morgan fingerprint density at radius 1 is 1.47 bits per heavy atom. The first-order valence-corrected chi connectivity index (χ1v) is 5.53. The Balaban J connectivity index is 2.83. The van der Waals surface area contributed by atoms with Crippen LogP contribution >= 0.6 is 0 Å². The minimum Gasteiger partial charge on any atom is -0.350 e. The second-order valence-electron chi connectivity index (χ2n) is 4.97. The maximum Gasteiger partial charge on any atom is 0.255 e. The second-order valence-corrected chi connectivity index (χ2v) is 4.97. The lowest BCUT2D eigenvalue weighted by Crippen LogP contribution is -2.43. The summed E-state index contributed by atoms with van der Waals surface area (Å²) in [6, 6.07) is 3.38. The van der Waals surface area contributed by atoms with Gasteiger partial charge in [0.15, 0.2) is 0 Å². The first-order chi connectivity index (χ1) is 7.83. The quantitative estimate of drug-likeness (QED) is 0.789. The number of carbonyl (C=O) groups is 1. The third-order valence-corrected chi connectivity index (χ3v) is 2.15. The molecule has 1 aromatic heterocycles. The van der Waals surface area contributed by atoms with Crippen molar-refractivity contribution in [2.75, 3.05) is 0 Å². The molecule has 0 aliphatic rings. The van der Waals surface area contributed by atoms with E-state index in [9.17, 15) is 9.59 Å². The molecule has 1 rings (SSSR count). The second kappa shape index (κ2) is 5.14. The molecule has 0 aliphatic carbocycles. The van der Waals surface area contributed by atoms with Crippen LogP contribution in [0, 0.1) is 0 Å². The fourth-order valence-corrected chi connectivity index (χ4v) is 1.48. The van der Waals surface area contributed by atoms with Gasteiger partial charge in [0.05, 0.1) is 0 Å². The Labute approximate surface area is 101 Å². The number of hydrogen-bond donors (Lipinski definition) is 2. The Morgan fingerprint density at radius 3 is 2.65 bits per heavy atom. The average Bonchev–Trinajstić information content (AvgIpc) is 2.18. The van der Waals surface area contributed by atoms with Gasteiger partial charge in [-0.25, -0.2) is 0 Å². The summed E-state index contributed by atoms with van der Waals surface area (Å²) < 4.78 is 1.36. The summed E-state index contributed by atoms with van der Waals surface area (Å²) in [4.78, 5) is 23.5. The van der Waals surface area contributed by atoms with Gasteiger partial charge in [0.2, 0.25) is 5.91 Å². The summed E-state index contributed by atoms with van der Waals surface area (Å²) in [7, 11) is 0. The lowest BCUT2D eigenvalue weighted by molar-refractivity contribution is -0.123. The smallest absolute Gasteiger partial charge is 0.255 e. The maximum absolute atomic E-state index is 11.8. The molecule has 0 fully saturated rings. The Kier molecular flexibility index (Phi) is 4.07. The highest BCUT2D eigenvalue weighted by molar-refractivity contribution is 5.76. The van der Waals surface area contributed by atoms with E-state index >= 15 is 0 Å². The summed E-state index contributed by atoms with van der Waals surface area (Å²) >= 11 is 0. The molecule has 0 aliphatic heterocycles. The van der Waals surface area contributed by atoms with Crippen LogP contribution in [0.15, 0.2) is 23.1 Å². The number of hydrogen-bond acceptors (Lipinski definition) is 3. The lowest BCUT2D eigenvalue weighted by Gasteiger charge is -2.20. The summed E-state index contributed by atoms with van der Waals surface area (Å²) in [5, 5.41) is 2.80. The minimum atomic E-state index is -0.299. The molecule has 3 N–H and O–H groups in total. The van der Waals surface area contributed by atoms with Crippen molar-refractivity contribution in [1.82, 2.24) is 9.88 Å². The average molecular weight is 237 g/mol. The maximum atomic E-state index is 11.8. The molecular formula is C12H19N3O2. The molecule has 0 radical (unpaired) electrons. The molecule has 1 heterocycles. The number of rotatable bonds is 3. The molecular weight excluding hydrogens is 218 g/mol. The molecule has 5 nitrogen and oxygen atoms in total. The van der Waals surface area contributed by atoms with E-state index in [0.717, 1.165) is 0 Å². The minimum absolute atomic E-state index is 0.0178. The van der Waals surface area contributed by atoms with Crippen LogP contribution in [-0.2, 0) is 17.9 Å². The van der Waals surface area contributed by atoms with Crippen LogP contribution in [0.5, 0.6) is 0 Å². The van der Waals surface area contributed by atoms with Crippen LogP contribution < -0.4 is 16.6 Å². The van der Waals surface area contributed by atoms with Crippen LogP contribution in [0.1, 0.15) is 26.3 Å². The number of aromatic nitrogens is 1. The van der Waals surface area contributed by atoms with E-state index in [2.05, 4.69) is 5.32 Å². The standard InChI is InChI=1S/C12H19N3O2/c1-12(2,3)14-10(16)8-15-6-4-5-9(7-13)11(15)17/h4-6H,7-8,13H2,1-3H3,(H,14,16). The van der Waals surface area contributed by atoms with Crippen molar-refractivity contribution in [3.05, 3.63) is 34.2 Å². The molecule has 0 bridgehead atoms. The molecule has 0 atom stereocenters. The van der Waals surface area contributed by atoms with Crippen molar-refractivity contribution in [3.8, 4) is 0 Å². The van der Waals surface area contributed by atoms with Gasteiger partial charge in [-0.1, -0.05) is 6.07 Å². The van der Waals surface area contributed by atoms with Gasteiger partial charge in [0.1, 0.15) is 6.54 Å². The molecule has 5 heteroatoms. The third kappa shape index (κ3) is 4.03. The summed E-state index contributed by atoms with van der Waals surface area (Å²) in [5.74, 6) is -0.186. The van der Waals surface area contributed by atoms with E-state index in [1.807, 2.05) is 20.8 Å². The first-order valence-electron chi connectivity index (χ1n) is 5.53. The molecule has 0 saturated heterocycles. The van der Waals surface area contributed by atoms with Crippen LogP contribution in [0.25, 0.3) is 0 Å². The number of pyridine rings is 1. The summed E-state index contributed by atoms with van der Waals surface area (Å²) in [5.41, 5.74) is 5.44. The third-order valence-electron chi connectivity index (χ3n) is 2.15. The van der Waals surface area contributed by atoms with Crippen molar-refractivity contribution in [2.24, 2.45) is 5.73 Å². The largest absolute Gasteiger partial charge is 0.350 e. The van der Waals surface area contributed by atoms with Gasteiger partial charge in [-0.05, 0) is 26.8 Å². The first kappa shape index (κ1) is 13.4. The van der Waals surface area contributed by atoms with Gasteiger partial charge in [-0.3, -0.25) is 9.59 Å². The topological polar surface area (TPSA) is 77.1 Å². The highest BCUT2D eigenvalue weighted by Gasteiger charge is 2.14. The van der Waals surface area contributed by atoms with Crippen LogP contribution in [0.2, 0.25) is 0 Å². The fourth-order valence-electron chi connectivity index (χ4n) is 1.48. The van der Waals surface area contributed by atoms with Crippen molar-refractivity contribution in [1.29, 1.82) is 0 Å². The van der Waals surface area contributed by atoms with E-state index in [0.29, 0.717) is 5.56 Å². The van der Waals surface area contributed by atoms with Gasteiger partial charge >= 0.3 is 0 Å². The Bertz CT molecular complexity index is 458. The Morgan fingerprint density at radius 2 is 2.12 bits per heavy atom. The summed E-state index contributed by atoms with van der Waals surface area (Å²) in [6.45, 7) is 5.88.